The number of halogens is 2. The Bertz CT molecular complexity index is 1790. The zero-order chi connectivity index (χ0) is 31.8. The number of imidazole rings is 2. The lowest BCUT2D eigenvalue weighted by atomic mass is 10.1. The number of allylic oxidation sites excluding steroid dienone is 1. The van der Waals surface area contributed by atoms with E-state index >= 15 is 4.39 Å². The maximum atomic E-state index is 15.7. The van der Waals surface area contributed by atoms with Crippen LogP contribution in [0.25, 0.3) is 22.3 Å². The lowest BCUT2D eigenvalue weighted by Crippen LogP contribution is -2.34. The van der Waals surface area contributed by atoms with E-state index in [4.69, 9.17) is 25.3 Å². The van der Waals surface area contributed by atoms with Gasteiger partial charge in [0.25, 0.3) is 0 Å². The molecule has 5 rings (SSSR count). The topological polar surface area (TPSA) is 260 Å². The van der Waals surface area contributed by atoms with Gasteiger partial charge in [-0.25, -0.2) is 47.8 Å². The number of nitrogen functional groups attached to an aromatic ring is 2. The second-order valence-corrected chi connectivity index (χ2v) is 12.0. The van der Waals surface area contributed by atoms with Crippen LogP contribution in [-0.4, -0.2) is 80.4 Å². The fraction of sp³-hybridized carbons (Fsp3) is 0.429. The third-order valence-electron chi connectivity index (χ3n) is 6.38. The van der Waals surface area contributed by atoms with E-state index in [1.54, 1.807) is 0 Å². The summed E-state index contributed by atoms with van der Waals surface area (Å²) in [5.41, 5.74) is 12.1. The molecule has 6 unspecified atom stereocenters. The first-order valence-corrected chi connectivity index (χ1v) is 15.6. The Labute approximate surface area is 246 Å². The highest BCUT2D eigenvalue weighted by atomic mass is 31.2. The van der Waals surface area contributed by atoms with Crippen molar-refractivity contribution in [1.29, 1.82) is 0 Å². The number of phosphoric ester groups is 2. The monoisotopic (exact) mass is 662 g/mol. The van der Waals surface area contributed by atoms with Gasteiger partial charge in [-0.05, 0) is 13.8 Å². The fourth-order valence-corrected chi connectivity index (χ4v) is 5.86. The highest BCUT2D eigenvalue weighted by molar-refractivity contribution is 7.47. The van der Waals surface area contributed by atoms with Crippen molar-refractivity contribution in [3.8, 4) is 0 Å². The van der Waals surface area contributed by atoms with Gasteiger partial charge in [0.15, 0.2) is 41.2 Å². The number of alkyl halides is 1. The molecule has 6 N–H and O–H groups in total. The Balaban J connectivity index is 1.31. The van der Waals surface area contributed by atoms with Crippen LogP contribution in [0.15, 0.2) is 37.4 Å². The van der Waals surface area contributed by atoms with Crippen LogP contribution in [0.4, 0.5) is 20.4 Å². The first kappa shape index (κ1) is 31.7. The normalized spacial score (nSPS) is 24.4. The van der Waals surface area contributed by atoms with E-state index in [2.05, 4.69) is 39.0 Å². The van der Waals surface area contributed by atoms with E-state index in [-0.39, 0.29) is 40.6 Å². The molecule has 238 valence electrons. The van der Waals surface area contributed by atoms with E-state index < -0.39 is 58.7 Å². The van der Waals surface area contributed by atoms with Crippen LogP contribution in [0.3, 0.4) is 0 Å². The number of nitrogens with two attached hydrogens (primary N) is 2. The van der Waals surface area contributed by atoms with Crippen LogP contribution in [0.1, 0.15) is 26.1 Å². The standard InChI is InChI=1S/C21H26F2N10O9P2/c1-3-38-44(36,37)42-16-12(41-21(13(16)23)33-9-31-15-18(25)27-7-29-20(15)33)5-40-43(34,35)39-4-11(22)10(2)32-8-30-14-17(24)26-6-28-19(14)32/h4,6-10,12-13,16,21H,3,5H2,1-2H3,(H,34,35)(H,36,37)(H2,24,26,28)(H2,25,27,29)/b11-4+/t10-,12?,13?,16?,21?/m1/s1. The average Bonchev–Trinajstić information content (AvgIpc) is 3.67. The van der Waals surface area contributed by atoms with Crippen LogP contribution in [0.2, 0.25) is 0 Å². The summed E-state index contributed by atoms with van der Waals surface area (Å²) < 4.78 is 83.0. The molecular weight excluding hydrogens is 636 g/mol. The van der Waals surface area contributed by atoms with Gasteiger partial charge in [0.1, 0.15) is 42.2 Å². The molecule has 1 aliphatic heterocycles. The van der Waals surface area contributed by atoms with Crippen molar-refractivity contribution in [3.63, 3.8) is 0 Å². The third-order valence-corrected chi connectivity index (χ3v) is 8.32. The average molecular weight is 662 g/mol. The zero-order valence-corrected chi connectivity index (χ0v) is 24.6. The Hall–Kier alpha value is -3.68. The molecule has 4 aromatic rings. The number of nitrogens with zero attached hydrogens (tertiary/aromatic N) is 8. The Morgan fingerprint density at radius 2 is 1.68 bits per heavy atom. The van der Waals surface area contributed by atoms with Gasteiger partial charge in [-0.3, -0.25) is 23.0 Å². The summed E-state index contributed by atoms with van der Waals surface area (Å²) in [6.45, 7) is 1.62. The van der Waals surface area contributed by atoms with Crippen molar-refractivity contribution < 1.29 is 50.5 Å². The number of fused-ring (bicyclic) bond motifs is 2. The molecule has 23 heteroatoms. The predicted molar refractivity (Wildman–Crippen MR) is 145 cm³/mol. The highest BCUT2D eigenvalue weighted by Gasteiger charge is 2.51. The van der Waals surface area contributed by atoms with Crippen molar-refractivity contribution in [2.24, 2.45) is 0 Å². The van der Waals surface area contributed by atoms with Crippen LogP contribution < -0.4 is 11.5 Å². The molecule has 1 aliphatic rings. The van der Waals surface area contributed by atoms with Crippen molar-refractivity contribution in [3.05, 3.63) is 37.4 Å². The second kappa shape index (κ2) is 12.4. The van der Waals surface area contributed by atoms with Gasteiger partial charge in [-0.2, -0.15) is 0 Å². The molecule has 19 nitrogen and oxygen atoms in total. The van der Waals surface area contributed by atoms with Gasteiger partial charge in [0.2, 0.25) is 0 Å². The van der Waals surface area contributed by atoms with Crippen LogP contribution in [0.5, 0.6) is 0 Å². The highest BCUT2D eigenvalue weighted by Crippen LogP contribution is 2.51. The lowest BCUT2D eigenvalue weighted by molar-refractivity contribution is -0.0456. The molecule has 0 saturated carbocycles. The molecule has 7 atom stereocenters. The number of hydrogen-bond acceptors (Lipinski definition) is 15. The maximum absolute atomic E-state index is 15.7. The van der Waals surface area contributed by atoms with Crippen LogP contribution in [0, 0.1) is 0 Å². The summed E-state index contributed by atoms with van der Waals surface area (Å²) in [6.07, 6.45) is -2.20. The molecular formula is C21H26F2N10O9P2. The zero-order valence-electron chi connectivity index (χ0n) is 22.8. The molecule has 0 aliphatic carbocycles. The summed E-state index contributed by atoms with van der Waals surface area (Å²) in [5.74, 6) is -0.966. The largest absolute Gasteiger partial charge is 0.527 e. The summed E-state index contributed by atoms with van der Waals surface area (Å²) in [6, 6.07) is -1.11. The minimum Gasteiger partial charge on any atom is -0.409 e. The number of aromatic nitrogens is 8. The number of ether oxygens (including phenoxy) is 1. The molecule has 0 radical (unpaired) electrons. The molecule has 4 aromatic heterocycles. The van der Waals surface area contributed by atoms with E-state index in [0.29, 0.717) is 6.26 Å². The van der Waals surface area contributed by atoms with Crippen LogP contribution in [-0.2, 0) is 32.0 Å². The Morgan fingerprint density at radius 1 is 1.05 bits per heavy atom. The second-order valence-electron chi connectivity index (χ2n) is 9.18. The van der Waals surface area contributed by atoms with Crippen molar-refractivity contribution in [2.75, 3.05) is 24.7 Å². The number of hydrogen-bond donors (Lipinski definition) is 4. The third kappa shape index (κ3) is 6.40. The number of rotatable bonds is 12. The first-order valence-electron chi connectivity index (χ1n) is 12.6. The SMILES string of the molecule is CCOP(=O)(O)OC1C(COP(=O)(O)O/C=C(/F)[C@@H](C)n2cnc3c(N)ncnc32)OC(n2cnc3c(N)ncnc32)C1F. The number of anilines is 2. The molecule has 5 heterocycles. The Kier molecular flexibility index (Phi) is 8.92. The van der Waals surface area contributed by atoms with Crippen LogP contribution >= 0.6 is 15.6 Å². The maximum Gasteiger partial charge on any atom is 0.527 e. The Morgan fingerprint density at radius 3 is 2.36 bits per heavy atom. The first-order chi connectivity index (χ1) is 20.8. The van der Waals surface area contributed by atoms with E-state index in [9.17, 15) is 23.3 Å². The number of phosphoric acid groups is 2. The summed E-state index contributed by atoms with van der Waals surface area (Å²) >= 11 is 0. The fourth-order valence-electron chi connectivity index (χ4n) is 4.28. The smallest absolute Gasteiger partial charge is 0.409 e. The summed E-state index contributed by atoms with van der Waals surface area (Å²) in [7, 11) is -9.88. The minimum absolute atomic E-state index is 0.00218. The summed E-state index contributed by atoms with van der Waals surface area (Å²) in [5, 5.41) is 0. The molecule has 0 amide bonds. The lowest BCUT2D eigenvalue weighted by Gasteiger charge is -2.22. The molecule has 44 heavy (non-hydrogen) atoms. The van der Waals surface area contributed by atoms with Gasteiger partial charge < -0.3 is 30.2 Å². The predicted octanol–water partition coefficient (Wildman–Crippen LogP) is 2.09. The van der Waals surface area contributed by atoms with Gasteiger partial charge >= 0.3 is 15.6 Å². The van der Waals surface area contributed by atoms with Gasteiger partial charge in [0.05, 0.1) is 31.9 Å². The molecule has 0 bridgehead atoms. The molecule has 0 spiro atoms. The summed E-state index contributed by atoms with van der Waals surface area (Å²) in [4.78, 5) is 43.9. The van der Waals surface area contributed by atoms with Crippen molar-refractivity contribution in [1.82, 2.24) is 39.0 Å². The quantitative estimate of drug-likeness (QED) is 0.125. The van der Waals surface area contributed by atoms with Crippen molar-refractivity contribution >= 4 is 49.6 Å². The molecule has 1 saturated heterocycles. The van der Waals surface area contributed by atoms with E-state index in [1.165, 1.54) is 24.7 Å². The van der Waals surface area contributed by atoms with E-state index in [1.807, 2.05) is 0 Å². The minimum atomic E-state index is -5.07. The van der Waals surface area contributed by atoms with E-state index in [0.717, 1.165) is 23.5 Å². The van der Waals surface area contributed by atoms with Gasteiger partial charge in [-0.1, -0.05) is 0 Å². The molecule has 1 fully saturated rings. The van der Waals surface area contributed by atoms with Gasteiger partial charge in [0, 0.05) is 0 Å². The molecule has 0 aromatic carbocycles. The van der Waals surface area contributed by atoms with Gasteiger partial charge in [-0.15, -0.1) is 0 Å². The van der Waals surface area contributed by atoms with Crippen molar-refractivity contribution in [2.45, 2.75) is 44.5 Å².